The van der Waals surface area contributed by atoms with Crippen molar-refractivity contribution in [3.63, 3.8) is 0 Å². The fourth-order valence-electron chi connectivity index (χ4n) is 4.31. The average molecular weight is 367 g/mol. The minimum absolute atomic E-state index is 0.690. The molecule has 3 heterocycles. The van der Waals surface area contributed by atoms with Crippen LogP contribution in [0.5, 0.6) is 0 Å². The molecular formula is C21H30N6. The van der Waals surface area contributed by atoms with Gasteiger partial charge in [-0.3, -0.25) is 4.99 Å². The summed E-state index contributed by atoms with van der Waals surface area (Å²) in [5.41, 5.74) is 1.43. The zero-order valence-corrected chi connectivity index (χ0v) is 16.3. The minimum Gasteiger partial charge on any atom is -0.349 e. The van der Waals surface area contributed by atoms with Crippen LogP contribution in [0.25, 0.3) is 0 Å². The van der Waals surface area contributed by atoms with Gasteiger partial charge in [-0.25, -0.2) is 0 Å². The highest BCUT2D eigenvalue weighted by atomic mass is 15.3. The molecule has 1 unspecified atom stereocenters. The lowest BCUT2D eigenvalue weighted by Gasteiger charge is -2.21. The largest absolute Gasteiger partial charge is 0.349 e. The number of hydrogen-bond acceptors (Lipinski definition) is 3. The van der Waals surface area contributed by atoms with Crippen molar-refractivity contribution in [2.24, 2.45) is 10.9 Å². The van der Waals surface area contributed by atoms with E-state index in [-0.39, 0.29) is 0 Å². The average Bonchev–Trinajstić information content (AvgIpc) is 3.23. The van der Waals surface area contributed by atoms with Gasteiger partial charge in [0, 0.05) is 33.1 Å². The van der Waals surface area contributed by atoms with Crippen molar-refractivity contribution in [3.05, 3.63) is 47.5 Å². The van der Waals surface area contributed by atoms with Crippen LogP contribution in [0.2, 0.25) is 0 Å². The molecule has 2 aliphatic rings. The molecule has 0 aliphatic carbocycles. The number of guanidine groups is 1. The molecule has 0 bridgehead atoms. The Labute approximate surface area is 161 Å². The second-order valence-corrected chi connectivity index (χ2v) is 7.69. The van der Waals surface area contributed by atoms with Gasteiger partial charge in [-0.15, -0.1) is 10.2 Å². The molecule has 0 saturated carbocycles. The number of hydrogen-bond donors (Lipinski definition) is 1. The van der Waals surface area contributed by atoms with Crippen LogP contribution in [0.15, 0.2) is 35.3 Å². The van der Waals surface area contributed by atoms with Crippen LogP contribution in [-0.2, 0) is 25.9 Å². The molecule has 2 aliphatic heterocycles. The third kappa shape index (κ3) is 4.31. The van der Waals surface area contributed by atoms with E-state index in [1.54, 1.807) is 0 Å². The highest BCUT2D eigenvalue weighted by molar-refractivity contribution is 5.80. The van der Waals surface area contributed by atoms with Crippen molar-refractivity contribution < 1.29 is 0 Å². The van der Waals surface area contributed by atoms with Crippen LogP contribution in [0.1, 0.15) is 42.9 Å². The van der Waals surface area contributed by atoms with Crippen LogP contribution in [0, 0.1) is 5.92 Å². The zero-order chi connectivity index (χ0) is 18.5. The molecule has 0 spiro atoms. The maximum atomic E-state index is 4.52. The Bertz CT molecular complexity index is 766. The van der Waals surface area contributed by atoms with Crippen molar-refractivity contribution in [3.8, 4) is 0 Å². The summed E-state index contributed by atoms with van der Waals surface area (Å²) in [5.74, 6) is 3.85. The minimum atomic E-state index is 0.690. The highest BCUT2D eigenvalue weighted by Gasteiger charge is 2.25. The first-order chi connectivity index (χ1) is 13.3. The molecular weight excluding hydrogens is 336 g/mol. The third-order valence-electron chi connectivity index (χ3n) is 5.76. The normalized spacial score (nSPS) is 20.4. The third-order valence-corrected chi connectivity index (χ3v) is 5.76. The van der Waals surface area contributed by atoms with E-state index in [4.69, 9.17) is 0 Å². The summed E-state index contributed by atoms with van der Waals surface area (Å²) in [5, 5.41) is 12.3. The molecule has 4 rings (SSSR count). The Morgan fingerprint density at radius 2 is 2.04 bits per heavy atom. The Hall–Kier alpha value is -2.37. The van der Waals surface area contributed by atoms with Gasteiger partial charge in [-0.05, 0) is 37.2 Å². The Morgan fingerprint density at radius 3 is 2.89 bits per heavy atom. The van der Waals surface area contributed by atoms with Crippen molar-refractivity contribution in [2.45, 2.75) is 51.6 Å². The lowest BCUT2D eigenvalue weighted by atomic mass is 9.99. The van der Waals surface area contributed by atoms with Gasteiger partial charge in [0.05, 0.1) is 6.54 Å². The summed E-state index contributed by atoms with van der Waals surface area (Å²) in [6.07, 6.45) is 7.15. The number of rotatable bonds is 4. The number of fused-ring (bicyclic) bond motifs is 1. The molecule has 1 N–H and O–H groups in total. The second kappa shape index (κ2) is 8.55. The van der Waals surface area contributed by atoms with E-state index in [0.29, 0.717) is 12.5 Å². The summed E-state index contributed by atoms with van der Waals surface area (Å²) < 4.78 is 2.30. The highest BCUT2D eigenvalue weighted by Crippen LogP contribution is 2.21. The molecule has 27 heavy (non-hydrogen) atoms. The first kappa shape index (κ1) is 18.0. The van der Waals surface area contributed by atoms with Gasteiger partial charge >= 0.3 is 0 Å². The topological polar surface area (TPSA) is 58.3 Å². The summed E-state index contributed by atoms with van der Waals surface area (Å²) in [6.45, 7) is 3.86. The second-order valence-electron chi connectivity index (χ2n) is 7.69. The molecule has 2 aromatic rings. The summed E-state index contributed by atoms with van der Waals surface area (Å²) in [7, 11) is 1.87. The Balaban J connectivity index is 1.33. The van der Waals surface area contributed by atoms with Gasteiger partial charge in [0.25, 0.3) is 0 Å². The van der Waals surface area contributed by atoms with Gasteiger partial charge in [0.15, 0.2) is 11.8 Å². The van der Waals surface area contributed by atoms with Crippen molar-refractivity contribution in [1.82, 2.24) is 25.0 Å². The monoisotopic (exact) mass is 366 g/mol. The molecule has 6 heteroatoms. The predicted molar refractivity (Wildman–Crippen MR) is 108 cm³/mol. The van der Waals surface area contributed by atoms with E-state index in [1.807, 2.05) is 7.05 Å². The molecule has 1 atom stereocenters. The maximum Gasteiger partial charge on any atom is 0.194 e. The van der Waals surface area contributed by atoms with Crippen molar-refractivity contribution in [2.75, 3.05) is 20.1 Å². The molecule has 6 nitrogen and oxygen atoms in total. The van der Waals surface area contributed by atoms with Crippen LogP contribution in [-0.4, -0.2) is 45.8 Å². The predicted octanol–water partition coefficient (Wildman–Crippen LogP) is 2.64. The standard InChI is InChI=1S/C21H30N6/c1-22-21(23-15-20-25-24-19-10-6-3-7-12-27(19)20)26-13-11-18(16-26)14-17-8-4-2-5-9-17/h2,4-5,8-9,18H,3,6-7,10-16H2,1H3,(H,22,23). The van der Waals surface area contributed by atoms with Crippen molar-refractivity contribution in [1.29, 1.82) is 0 Å². The number of aryl methyl sites for hydroxylation is 1. The van der Waals surface area contributed by atoms with Gasteiger partial charge in [-0.2, -0.15) is 0 Å². The van der Waals surface area contributed by atoms with E-state index in [2.05, 4.69) is 60.3 Å². The van der Waals surface area contributed by atoms with E-state index >= 15 is 0 Å². The van der Waals surface area contributed by atoms with Gasteiger partial charge in [0.2, 0.25) is 0 Å². The Morgan fingerprint density at radius 1 is 1.15 bits per heavy atom. The molecule has 0 amide bonds. The SMILES string of the molecule is CN=C(NCc1nnc2n1CCCCC2)N1CCC(Cc2ccccc2)C1. The number of aromatic nitrogens is 3. The fraction of sp³-hybridized carbons (Fsp3) is 0.571. The van der Waals surface area contributed by atoms with Crippen LogP contribution < -0.4 is 5.32 Å². The Kier molecular flexibility index (Phi) is 5.70. The maximum absolute atomic E-state index is 4.52. The first-order valence-corrected chi connectivity index (χ1v) is 10.2. The van der Waals surface area contributed by atoms with Gasteiger partial charge in [0.1, 0.15) is 5.82 Å². The lowest BCUT2D eigenvalue weighted by Crippen LogP contribution is -2.40. The number of nitrogens with one attached hydrogen (secondary N) is 1. The van der Waals surface area contributed by atoms with Gasteiger partial charge < -0.3 is 14.8 Å². The van der Waals surface area contributed by atoms with E-state index < -0.39 is 0 Å². The number of likely N-dealkylation sites (tertiary alicyclic amines) is 1. The molecule has 0 radical (unpaired) electrons. The molecule has 1 fully saturated rings. The number of benzene rings is 1. The van der Waals surface area contributed by atoms with Crippen molar-refractivity contribution >= 4 is 5.96 Å². The molecule has 1 saturated heterocycles. The molecule has 144 valence electrons. The van der Waals surface area contributed by atoms with E-state index in [9.17, 15) is 0 Å². The van der Waals surface area contributed by atoms with Crippen LogP contribution in [0.3, 0.4) is 0 Å². The van der Waals surface area contributed by atoms with E-state index in [0.717, 1.165) is 50.1 Å². The number of nitrogens with zero attached hydrogens (tertiary/aromatic N) is 5. The molecule has 1 aromatic carbocycles. The fourth-order valence-corrected chi connectivity index (χ4v) is 4.31. The summed E-state index contributed by atoms with van der Waals surface area (Å²) >= 11 is 0. The smallest absolute Gasteiger partial charge is 0.194 e. The van der Waals surface area contributed by atoms with Crippen LogP contribution in [0.4, 0.5) is 0 Å². The lowest BCUT2D eigenvalue weighted by molar-refractivity contribution is 0.457. The molecule has 1 aromatic heterocycles. The quantitative estimate of drug-likeness (QED) is 0.668. The van der Waals surface area contributed by atoms with E-state index in [1.165, 1.54) is 31.2 Å². The number of aliphatic imine (C=N–C) groups is 1. The van der Waals surface area contributed by atoms with Crippen LogP contribution >= 0.6 is 0 Å². The van der Waals surface area contributed by atoms with Gasteiger partial charge in [-0.1, -0.05) is 36.8 Å². The first-order valence-electron chi connectivity index (χ1n) is 10.2. The zero-order valence-electron chi connectivity index (χ0n) is 16.3. The summed E-state index contributed by atoms with van der Waals surface area (Å²) in [6, 6.07) is 10.8. The summed E-state index contributed by atoms with van der Waals surface area (Å²) in [4.78, 5) is 6.90.